The summed E-state index contributed by atoms with van der Waals surface area (Å²) in [4.78, 5) is 11.2. The standard InChI is InChI=1S/C10H17NO3Si/c1-13-9(12)8-5-10(6-8,7-11)14-15(2,3)4/h8H,5-6H2,1-4H3. The molecule has 0 bridgehead atoms. The van der Waals surface area contributed by atoms with E-state index >= 15 is 0 Å². The van der Waals surface area contributed by atoms with Gasteiger partial charge in [-0.05, 0) is 19.6 Å². The Kier molecular flexibility index (Phi) is 3.21. The Morgan fingerprint density at radius 2 is 2.00 bits per heavy atom. The first-order valence-corrected chi connectivity index (χ1v) is 8.42. The number of ether oxygens (including phenoxy) is 1. The van der Waals surface area contributed by atoms with Gasteiger partial charge in [0.2, 0.25) is 0 Å². The van der Waals surface area contributed by atoms with Gasteiger partial charge < -0.3 is 9.16 Å². The molecule has 0 atom stereocenters. The summed E-state index contributed by atoms with van der Waals surface area (Å²) in [5.41, 5.74) is -0.733. The van der Waals surface area contributed by atoms with Gasteiger partial charge in [0.05, 0.1) is 19.1 Å². The normalized spacial score (nSPS) is 30.2. The lowest BCUT2D eigenvalue weighted by Gasteiger charge is -2.44. The van der Waals surface area contributed by atoms with Crippen LogP contribution in [0.25, 0.3) is 0 Å². The lowest BCUT2D eigenvalue weighted by molar-refractivity contribution is -0.155. The molecule has 4 nitrogen and oxygen atoms in total. The van der Waals surface area contributed by atoms with Crippen LogP contribution in [0, 0.1) is 17.2 Å². The van der Waals surface area contributed by atoms with Gasteiger partial charge in [0.25, 0.3) is 0 Å². The Labute approximate surface area is 91.3 Å². The second-order valence-corrected chi connectivity index (χ2v) is 9.38. The Bertz CT molecular complexity index is 297. The van der Waals surface area contributed by atoms with E-state index < -0.39 is 13.9 Å². The van der Waals surface area contributed by atoms with Gasteiger partial charge in [0, 0.05) is 12.8 Å². The summed E-state index contributed by atoms with van der Waals surface area (Å²) < 4.78 is 10.4. The minimum absolute atomic E-state index is 0.161. The highest BCUT2D eigenvalue weighted by Gasteiger charge is 2.51. The summed E-state index contributed by atoms with van der Waals surface area (Å²) in [6, 6.07) is 2.19. The zero-order valence-corrected chi connectivity index (χ0v) is 10.7. The predicted molar refractivity (Wildman–Crippen MR) is 57.5 cm³/mol. The maximum atomic E-state index is 11.2. The SMILES string of the molecule is COC(=O)C1CC(C#N)(O[Si](C)(C)C)C1. The fourth-order valence-corrected chi connectivity index (χ4v) is 3.24. The highest BCUT2D eigenvalue weighted by molar-refractivity contribution is 6.69. The van der Waals surface area contributed by atoms with E-state index in [0.717, 1.165) is 0 Å². The van der Waals surface area contributed by atoms with E-state index in [1.165, 1.54) is 7.11 Å². The van der Waals surface area contributed by atoms with Crippen LogP contribution in [0.2, 0.25) is 19.6 Å². The van der Waals surface area contributed by atoms with Gasteiger partial charge >= 0.3 is 5.97 Å². The molecule has 1 aliphatic rings. The Morgan fingerprint density at radius 3 is 2.33 bits per heavy atom. The molecule has 0 amide bonds. The van der Waals surface area contributed by atoms with Crippen LogP contribution in [-0.2, 0) is 14.0 Å². The van der Waals surface area contributed by atoms with Crippen molar-refractivity contribution >= 4 is 14.3 Å². The zero-order valence-electron chi connectivity index (χ0n) is 9.66. The fourth-order valence-electron chi connectivity index (χ4n) is 1.85. The van der Waals surface area contributed by atoms with E-state index in [1.807, 2.05) is 19.6 Å². The Hall–Kier alpha value is -0.863. The monoisotopic (exact) mass is 227 g/mol. The first-order chi connectivity index (χ1) is 6.82. The van der Waals surface area contributed by atoms with Crippen LogP contribution in [-0.4, -0.2) is 27.0 Å². The highest BCUT2D eigenvalue weighted by atomic mass is 28.4. The van der Waals surface area contributed by atoms with Gasteiger partial charge in [-0.2, -0.15) is 5.26 Å². The van der Waals surface area contributed by atoms with Crippen LogP contribution in [0.3, 0.4) is 0 Å². The first-order valence-electron chi connectivity index (χ1n) is 5.01. The average molecular weight is 227 g/mol. The third kappa shape index (κ3) is 2.80. The van der Waals surface area contributed by atoms with Gasteiger partial charge in [-0.25, -0.2) is 0 Å². The van der Waals surface area contributed by atoms with E-state index in [9.17, 15) is 4.79 Å². The molecule has 0 N–H and O–H groups in total. The number of hydrogen-bond acceptors (Lipinski definition) is 4. The van der Waals surface area contributed by atoms with E-state index in [0.29, 0.717) is 12.8 Å². The van der Waals surface area contributed by atoms with Crippen molar-refractivity contribution in [2.45, 2.75) is 38.1 Å². The van der Waals surface area contributed by atoms with Crippen LogP contribution >= 0.6 is 0 Å². The smallest absolute Gasteiger partial charge is 0.308 e. The first kappa shape index (κ1) is 12.2. The molecule has 5 heteroatoms. The number of rotatable bonds is 3. The number of hydrogen-bond donors (Lipinski definition) is 0. The molecule has 1 fully saturated rings. The van der Waals surface area contributed by atoms with Crippen LogP contribution in [0.4, 0.5) is 0 Å². The molecule has 0 saturated heterocycles. The van der Waals surface area contributed by atoms with Crippen molar-refractivity contribution in [1.29, 1.82) is 5.26 Å². The van der Waals surface area contributed by atoms with Crippen LogP contribution in [0.5, 0.6) is 0 Å². The molecule has 0 aromatic heterocycles. The molecule has 0 unspecified atom stereocenters. The summed E-state index contributed by atoms with van der Waals surface area (Å²) >= 11 is 0. The quantitative estimate of drug-likeness (QED) is 0.543. The van der Waals surface area contributed by atoms with Gasteiger partial charge in [0.15, 0.2) is 8.32 Å². The van der Waals surface area contributed by atoms with E-state index in [-0.39, 0.29) is 11.9 Å². The van der Waals surface area contributed by atoms with Crippen LogP contribution in [0.1, 0.15) is 12.8 Å². The maximum Gasteiger partial charge on any atom is 0.308 e. The minimum atomic E-state index is -1.73. The molecular formula is C10H17NO3Si. The molecule has 1 aliphatic carbocycles. The summed E-state index contributed by atoms with van der Waals surface area (Å²) in [7, 11) is -0.363. The summed E-state index contributed by atoms with van der Waals surface area (Å²) in [5, 5.41) is 9.07. The molecule has 15 heavy (non-hydrogen) atoms. The number of carbonyl (C=O) groups excluding carboxylic acids is 1. The number of nitriles is 1. The van der Waals surface area contributed by atoms with Crippen molar-refractivity contribution in [3.63, 3.8) is 0 Å². The lowest BCUT2D eigenvalue weighted by atomic mass is 9.72. The number of nitrogens with zero attached hydrogens (tertiary/aromatic N) is 1. The lowest BCUT2D eigenvalue weighted by Crippen LogP contribution is -2.53. The minimum Gasteiger partial charge on any atom is -0.469 e. The highest BCUT2D eigenvalue weighted by Crippen LogP contribution is 2.42. The van der Waals surface area contributed by atoms with Gasteiger partial charge in [-0.15, -0.1) is 0 Å². The molecule has 0 aromatic rings. The van der Waals surface area contributed by atoms with E-state index in [1.54, 1.807) is 0 Å². The molecule has 0 aliphatic heterocycles. The molecular weight excluding hydrogens is 210 g/mol. The number of esters is 1. The number of carbonyl (C=O) groups is 1. The van der Waals surface area contributed by atoms with Crippen LogP contribution in [0.15, 0.2) is 0 Å². The zero-order chi connectivity index (χ0) is 11.7. The van der Waals surface area contributed by atoms with Crippen molar-refractivity contribution in [3.05, 3.63) is 0 Å². The topological polar surface area (TPSA) is 59.3 Å². The average Bonchev–Trinajstić information content (AvgIpc) is 2.07. The van der Waals surface area contributed by atoms with Gasteiger partial charge in [-0.3, -0.25) is 4.79 Å². The van der Waals surface area contributed by atoms with Crippen LogP contribution < -0.4 is 0 Å². The van der Waals surface area contributed by atoms with Gasteiger partial charge in [0.1, 0.15) is 5.60 Å². The Balaban J connectivity index is 2.57. The second-order valence-electron chi connectivity index (χ2n) is 4.95. The number of methoxy groups -OCH3 is 1. The molecule has 1 saturated carbocycles. The fraction of sp³-hybridized carbons (Fsp3) is 0.800. The molecule has 0 spiro atoms. The largest absolute Gasteiger partial charge is 0.469 e. The van der Waals surface area contributed by atoms with Crippen molar-refractivity contribution in [2.24, 2.45) is 5.92 Å². The summed E-state index contributed by atoms with van der Waals surface area (Å²) in [5.74, 6) is -0.397. The van der Waals surface area contributed by atoms with Crippen molar-refractivity contribution < 1.29 is 14.0 Å². The van der Waals surface area contributed by atoms with Crippen molar-refractivity contribution in [2.75, 3.05) is 7.11 Å². The molecule has 0 heterocycles. The maximum absolute atomic E-state index is 11.2. The van der Waals surface area contributed by atoms with E-state index in [2.05, 4.69) is 10.8 Å². The van der Waals surface area contributed by atoms with Crippen molar-refractivity contribution in [3.8, 4) is 6.07 Å². The molecule has 0 aromatic carbocycles. The third-order valence-electron chi connectivity index (χ3n) is 2.39. The Morgan fingerprint density at radius 1 is 1.47 bits per heavy atom. The predicted octanol–water partition coefficient (Wildman–Crippen LogP) is 1.68. The van der Waals surface area contributed by atoms with E-state index in [4.69, 9.17) is 9.69 Å². The van der Waals surface area contributed by atoms with Gasteiger partial charge in [-0.1, -0.05) is 0 Å². The molecule has 0 radical (unpaired) electrons. The third-order valence-corrected chi connectivity index (χ3v) is 3.40. The molecule has 1 rings (SSSR count). The second kappa shape index (κ2) is 3.95. The summed E-state index contributed by atoms with van der Waals surface area (Å²) in [6.45, 7) is 6.12. The summed E-state index contributed by atoms with van der Waals surface area (Å²) in [6.07, 6.45) is 0.945. The molecule has 84 valence electrons. The van der Waals surface area contributed by atoms with Crippen molar-refractivity contribution in [1.82, 2.24) is 0 Å².